The number of aryl methyl sites for hydroxylation is 3. The minimum absolute atomic E-state index is 0.0980. The van der Waals surface area contributed by atoms with Gasteiger partial charge in [-0.15, -0.1) is 0 Å². The molecule has 11 atom stereocenters. The van der Waals surface area contributed by atoms with Crippen LogP contribution in [0.3, 0.4) is 0 Å². The van der Waals surface area contributed by atoms with E-state index in [2.05, 4.69) is 15.0 Å². The van der Waals surface area contributed by atoms with E-state index in [-0.39, 0.29) is 36.0 Å². The lowest BCUT2D eigenvalue weighted by Gasteiger charge is -2.27. The second kappa shape index (κ2) is 18.3. The summed E-state index contributed by atoms with van der Waals surface area (Å²) in [5, 5.41) is 21.0. The highest BCUT2D eigenvalue weighted by molar-refractivity contribution is 7.48. The Bertz CT molecular complexity index is 2600. The first-order chi connectivity index (χ1) is 28.9. The van der Waals surface area contributed by atoms with Crippen molar-refractivity contribution in [2.45, 2.75) is 95.3 Å². The van der Waals surface area contributed by atoms with Crippen LogP contribution in [0.2, 0.25) is 0 Å². The number of hydrogen-bond acceptors (Lipinski definition) is 19. The molecule has 5 N–H and O–H groups in total. The molecule has 25 nitrogen and oxygen atoms in total. The van der Waals surface area contributed by atoms with Gasteiger partial charge in [0.05, 0.1) is 39.1 Å². The van der Waals surface area contributed by atoms with Crippen molar-refractivity contribution in [1.82, 2.24) is 28.7 Å². The zero-order valence-corrected chi connectivity index (χ0v) is 34.6. The van der Waals surface area contributed by atoms with Crippen LogP contribution in [0, 0.1) is 20.8 Å². The summed E-state index contributed by atoms with van der Waals surface area (Å²) in [6.07, 6.45) is -4.70. The molecule has 334 valence electrons. The highest BCUT2D eigenvalue weighted by atomic mass is 31.2. The number of H-pyrrole nitrogens is 3. The predicted molar refractivity (Wildman–Crippen MR) is 205 cm³/mol. The number of ether oxygens (including phenoxy) is 3. The molecule has 3 aromatic rings. The van der Waals surface area contributed by atoms with Crippen molar-refractivity contribution in [2.24, 2.45) is 0 Å². The summed E-state index contributed by atoms with van der Waals surface area (Å²) in [4.78, 5) is 80.5. The van der Waals surface area contributed by atoms with Crippen molar-refractivity contribution in [1.29, 1.82) is 0 Å². The smallest absolute Gasteiger partial charge is 0.394 e. The van der Waals surface area contributed by atoms with Gasteiger partial charge in [0.25, 0.3) is 16.7 Å². The molecule has 0 aromatic carbocycles. The van der Waals surface area contributed by atoms with Crippen LogP contribution in [0.4, 0.5) is 0 Å². The van der Waals surface area contributed by atoms with Gasteiger partial charge in [0, 0.05) is 54.5 Å². The lowest BCUT2D eigenvalue weighted by Crippen LogP contribution is -2.33. The number of aliphatic hydroxyl groups is 2. The average molecular weight is 903 g/mol. The van der Waals surface area contributed by atoms with E-state index in [4.69, 9.17) is 41.4 Å². The number of nitrogens with zero attached hydrogens (tertiary/aromatic N) is 3. The molecule has 61 heavy (non-hydrogen) atoms. The van der Waals surface area contributed by atoms with Gasteiger partial charge < -0.3 is 24.4 Å². The van der Waals surface area contributed by atoms with E-state index in [9.17, 15) is 48.1 Å². The van der Waals surface area contributed by atoms with Gasteiger partial charge in [-0.05, 0) is 20.8 Å². The summed E-state index contributed by atoms with van der Waals surface area (Å²) in [5.41, 5.74) is -3.68. The van der Waals surface area contributed by atoms with E-state index >= 15 is 0 Å². The number of aliphatic hydroxyl groups excluding tert-OH is 2. The SMILES string of the molecule is Cc1cn([C@H]2C[C@H](OP3(=O)OC/C=C\COP(=O)(OC[C@H]4O[C@@H](n5cc(C)c(=O)[nH]c5=O)C[C@@H]4O)O[C@H]4C[C@H](n5cc(C)c(=O)[nH]c5=O)O[C@@H]4CO3)[C@@H](CO)O2)c(=O)[nH]c1=O. The van der Waals surface area contributed by atoms with E-state index in [0.717, 1.165) is 13.7 Å². The highest BCUT2D eigenvalue weighted by Gasteiger charge is 2.48. The number of phosphoric acid groups is 2. The van der Waals surface area contributed by atoms with Crippen molar-refractivity contribution >= 4 is 15.6 Å². The maximum absolute atomic E-state index is 14.4. The molecule has 0 aliphatic carbocycles. The first-order valence-corrected chi connectivity index (χ1v) is 21.9. The Balaban J connectivity index is 1.12. The van der Waals surface area contributed by atoms with Gasteiger partial charge in [-0.2, -0.15) is 0 Å². The zero-order chi connectivity index (χ0) is 43.8. The van der Waals surface area contributed by atoms with Crippen LogP contribution in [-0.4, -0.2) is 109 Å². The molecule has 7 rings (SSSR count). The molecule has 27 heteroatoms. The second-order valence-corrected chi connectivity index (χ2v) is 17.9. The Morgan fingerprint density at radius 3 is 1.70 bits per heavy atom. The van der Waals surface area contributed by atoms with E-state index in [0.29, 0.717) is 0 Å². The van der Waals surface area contributed by atoms with Crippen molar-refractivity contribution in [3.05, 3.63) is 110 Å². The first-order valence-electron chi connectivity index (χ1n) is 19.0. The standard InChI is InChI=1S/C34H44N6O19P2/c1-17-11-38(32(46)35-29(17)43)26-8-20(42)24(56-26)15-53-60(49)51-6-4-5-7-52-61(50,58-21-9-27(55-23(21)14-41)39-12-18(2)30(44)36-33(39)47)54-16-25-22(59-60)10-28(57-25)40-13-19(3)31(45)37-34(40)48/h4-5,11-13,20-28,41-42H,6-10,14-16H2,1-3H3,(H,35,43,46)(H,36,44,47)(H,37,45,48)/b5-4-/t20-,21-,22-,23+,24+,25+,26+,27+,28+,60?,61?/m0/s1. The zero-order valence-electron chi connectivity index (χ0n) is 32.8. The van der Waals surface area contributed by atoms with Crippen LogP contribution < -0.4 is 33.7 Å². The fourth-order valence-corrected chi connectivity index (χ4v) is 9.67. The molecular weight excluding hydrogens is 858 g/mol. The van der Waals surface area contributed by atoms with E-state index < -0.39 is 138 Å². The second-order valence-electron chi connectivity index (χ2n) is 14.6. The van der Waals surface area contributed by atoms with Crippen LogP contribution in [0.15, 0.2) is 59.5 Å². The monoisotopic (exact) mass is 902 g/mol. The fourth-order valence-electron chi connectivity index (χ4n) is 6.98. The van der Waals surface area contributed by atoms with Gasteiger partial charge in [0.1, 0.15) is 49.2 Å². The topological polar surface area (TPSA) is 322 Å². The first kappa shape index (κ1) is 44.8. The van der Waals surface area contributed by atoms with Crippen LogP contribution >= 0.6 is 15.6 Å². The Hall–Kier alpha value is -4.20. The predicted octanol–water partition coefficient (Wildman–Crippen LogP) is -0.599. The lowest BCUT2D eigenvalue weighted by molar-refractivity contribution is -0.0644. The minimum atomic E-state index is -4.68. The summed E-state index contributed by atoms with van der Waals surface area (Å²) in [6.45, 7) is 1.66. The van der Waals surface area contributed by atoms with Gasteiger partial charge in [-0.1, -0.05) is 12.2 Å². The minimum Gasteiger partial charge on any atom is -0.394 e. The van der Waals surface area contributed by atoms with Gasteiger partial charge in [0.2, 0.25) is 0 Å². The molecule has 4 aliphatic heterocycles. The van der Waals surface area contributed by atoms with E-state index in [1.165, 1.54) is 51.5 Å². The molecule has 0 spiro atoms. The molecule has 0 radical (unpaired) electrons. The Labute approximate surface area is 342 Å². The van der Waals surface area contributed by atoms with Crippen molar-refractivity contribution < 1.29 is 60.7 Å². The molecule has 3 fully saturated rings. The normalized spacial score (nSPS) is 34.0. The summed E-state index contributed by atoms with van der Waals surface area (Å²) in [7, 11) is -9.35. The van der Waals surface area contributed by atoms with Gasteiger partial charge in [0.15, 0.2) is 0 Å². The number of aromatic amines is 3. The number of rotatable bonds is 9. The molecule has 3 saturated heterocycles. The number of aromatic nitrogens is 6. The van der Waals surface area contributed by atoms with Crippen LogP contribution in [0.1, 0.15) is 54.6 Å². The van der Waals surface area contributed by atoms with Gasteiger partial charge in [-0.25, -0.2) is 23.5 Å². The maximum Gasteiger partial charge on any atom is 0.475 e. The molecule has 7 heterocycles. The fraction of sp³-hybridized carbons (Fsp3) is 0.588. The summed E-state index contributed by atoms with van der Waals surface area (Å²) in [6, 6.07) is 0. The molecule has 0 amide bonds. The van der Waals surface area contributed by atoms with Gasteiger partial charge in [-0.3, -0.25) is 70.2 Å². The van der Waals surface area contributed by atoms with Gasteiger partial charge >= 0.3 is 32.7 Å². The largest absolute Gasteiger partial charge is 0.475 e. The molecule has 0 saturated carbocycles. The Kier molecular flexibility index (Phi) is 13.4. The molecule has 3 aromatic heterocycles. The Morgan fingerprint density at radius 1 is 0.672 bits per heavy atom. The number of nitrogens with one attached hydrogen (secondary N) is 3. The van der Waals surface area contributed by atoms with Crippen LogP contribution in [0.5, 0.6) is 0 Å². The number of hydrogen-bond donors (Lipinski definition) is 5. The summed E-state index contributed by atoms with van der Waals surface area (Å²) in [5.74, 6) is 0. The number of fused-ring (bicyclic) bond motifs is 1. The average Bonchev–Trinajstić information content (AvgIpc) is 3.91. The molecule has 4 aliphatic rings. The third-order valence-corrected chi connectivity index (χ3v) is 13.2. The molecular formula is C34H44N6O19P2. The third-order valence-electron chi connectivity index (χ3n) is 10.3. The Morgan fingerprint density at radius 2 is 1.16 bits per heavy atom. The maximum atomic E-state index is 14.4. The number of phosphoric ester groups is 2. The van der Waals surface area contributed by atoms with Crippen LogP contribution in [0.25, 0.3) is 0 Å². The van der Waals surface area contributed by atoms with Crippen molar-refractivity contribution in [3.63, 3.8) is 0 Å². The quantitative estimate of drug-likeness (QED) is 0.132. The summed E-state index contributed by atoms with van der Waals surface area (Å²) >= 11 is 0. The summed E-state index contributed by atoms with van der Waals surface area (Å²) < 4.78 is 84.2. The van der Waals surface area contributed by atoms with Crippen molar-refractivity contribution in [3.8, 4) is 0 Å². The highest BCUT2D eigenvalue weighted by Crippen LogP contribution is 2.56. The lowest BCUT2D eigenvalue weighted by atomic mass is 10.2. The third kappa shape index (κ3) is 10.0. The van der Waals surface area contributed by atoms with E-state index in [1.807, 2.05) is 0 Å². The van der Waals surface area contributed by atoms with Crippen LogP contribution in [-0.2, 0) is 50.5 Å². The molecule has 2 unspecified atom stereocenters. The van der Waals surface area contributed by atoms with E-state index in [1.54, 1.807) is 0 Å². The molecule has 0 bridgehead atoms. The van der Waals surface area contributed by atoms with Crippen molar-refractivity contribution in [2.75, 3.05) is 33.0 Å².